The van der Waals surface area contributed by atoms with Gasteiger partial charge in [0.2, 0.25) is 0 Å². The van der Waals surface area contributed by atoms with Gasteiger partial charge in [-0.3, -0.25) is 9.00 Å². The van der Waals surface area contributed by atoms with Crippen LogP contribution in [0.3, 0.4) is 0 Å². The second-order valence-corrected chi connectivity index (χ2v) is 6.64. The zero-order chi connectivity index (χ0) is 15.8. The third kappa shape index (κ3) is 2.49. The number of rotatable bonds is 3. The molecule has 0 fully saturated rings. The molecule has 1 atom stereocenters. The van der Waals surface area contributed by atoms with Crippen molar-refractivity contribution >= 4 is 22.5 Å². The topological polar surface area (TPSA) is 77.1 Å². The lowest BCUT2D eigenvalue weighted by Gasteiger charge is -2.10. The van der Waals surface area contributed by atoms with Gasteiger partial charge in [0.25, 0.3) is 5.91 Å². The predicted molar refractivity (Wildman–Crippen MR) is 85.8 cm³/mol. The summed E-state index contributed by atoms with van der Waals surface area (Å²) in [5.74, 6) is 1.24. The van der Waals surface area contributed by atoms with Crippen LogP contribution in [0.15, 0.2) is 53.1 Å². The number of aromatic nitrogens is 2. The Kier molecular flexibility index (Phi) is 3.34. The number of hydrogen-bond acceptors (Lipinski definition) is 4. The molecular weight excluding hydrogens is 314 g/mol. The first kappa shape index (κ1) is 14.0. The zero-order valence-electron chi connectivity index (χ0n) is 12.1. The van der Waals surface area contributed by atoms with Crippen LogP contribution in [0.1, 0.15) is 21.8 Å². The number of benzene rings is 1. The highest BCUT2D eigenvalue weighted by Crippen LogP contribution is 2.31. The van der Waals surface area contributed by atoms with Gasteiger partial charge in [-0.05, 0) is 24.3 Å². The van der Waals surface area contributed by atoms with Crippen molar-refractivity contribution in [3.8, 4) is 5.69 Å². The molecule has 1 aliphatic heterocycles. The number of nitrogens with zero attached hydrogens (tertiary/aromatic N) is 2. The fourth-order valence-corrected chi connectivity index (χ4v) is 3.85. The number of amides is 1. The molecule has 3 aromatic rings. The van der Waals surface area contributed by atoms with Gasteiger partial charge in [-0.2, -0.15) is 5.10 Å². The van der Waals surface area contributed by atoms with E-state index in [1.165, 1.54) is 6.26 Å². The van der Waals surface area contributed by atoms with Crippen molar-refractivity contribution in [1.82, 2.24) is 9.78 Å². The molecule has 0 unspecified atom stereocenters. The lowest BCUT2D eigenvalue weighted by Crippen LogP contribution is -2.16. The van der Waals surface area contributed by atoms with Crippen molar-refractivity contribution in [3.05, 3.63) is 65.7 Å². The van der Waals surface area contributed by atoms with Crippen LogP contribution in [0.4, 0.5) is 5.82 Å². The van der Waals surface area contributed by atoms with Gasteiger partial charge < -0.3 is 9.73 Å². The molecule has 1 aliphatic rings. The molecule has 116 valence electrons. The van der Waals surface area contributed by atoms with E-state index in [9.17, 15) is 9.00 Å². The minimum atomic E-state index is -0.965. The standard InChI is InChI=1S/C16H13N3O3S/c20-16(14-7-4-8-22-14)17-15-12-9-23(21)10-13(12)18-19(15)11-5-2-1-3-6-11/h1-8H,9-10H2,(H,17,20)/t23-/m1/s1. The van der Waals surface area contributed by atoms with Crippen LogP contribution in [0.25, 0.3) is 5.69 Å². The molecule has 3 heterocycles. The number of carbonyl (C=O) groups is 1. The SMILES string of the molecule is O=C(Nc1c2c(nn1-c1ccccc1)C[S@](=O)C2)c1ccco1. The maximum absolute atomic E-state index is 12.3. The fourth-order valence-electron chi connectivity index (χ4n) is 2.59. The van der Waals surface area contributed by atoms with E-state index in [4.69, 9.17) is 4.42 Å². The Labute approximate surface area is 134 Å². The van der Waals surface area contributed by atoms with E-state index in [0.717, 1.165) is 16.9 Å². The summed E-state index contributed by atoms with van der Waals surface area (Å²) in [5, 5.41) is 7.37. The van der Waals surface area contributed by atoms with Gasteiger partial charge in [-0.15, -0.1) is 0 Å². The lowest BCUT2D eigenvalue weighted by molar-refractivity contribution is 0.0996. The Balaban J connectivity index is 1.77. The lowest BCUT2D eigenvalue weighted by atomic mass is 10.2. The van der Waals surface area contributed by atoms with Crippen molar-refractivity contribution < 1.29 is 13.4 Å². The summed E-state index contributed by atoms with van der Waals surface area (Å²) in [5.41, 5.74) is 2.43. The van der Waals surface area contributed by atoms with E-state index in [1.54, 1.807) is 16.8 Å². The summed E-state index contributed by atoms with van der Waals surface area (Å²) >= 11 is 0. The van der Waals surface area contributed by atoms with E-state index in [0.29, 0.717) is 17.3 Å². The van der Waals surface area contributed by atoms with Crippen molar-refractivity contribution in [1.29, 1.82) is 0 Å². The van der Waals surface area contributed by atoms with E-state index in [1.807, 2.05) is 30.3 Å². The van der Waals surface area contributed by atoms with E-state index >= 15 is 0 Å². The Hall–Kier alpha value is -2.67. The Bertz CT molecular complexity index is 885. The minimum absolute atomic E-state index is 0.221. The summed E-state index contributed by atoms with van der Waals surface area (Å²) in [6, 6.07) is 12.8. The smallest absolute Gasteiger partial charge is 0.292 e. The van der Waals surface area contributed by atoms with E-state index in [2.05, 4.69) is 10.4 Å². The molecule has 7 heteroatoms. The highest BCUT2D eigenvalue weighted by Gasteiger charge is 2.28. The first-order valence-corrected chi connectivity index (χ1v) is 8.57. The van der Waals surface area contributed by atoms with Gasteiger partial charge in [0.05, 0.1) is 29.2 Å². The maximum atomic E-state index is 12.3. The number of nitrogens with one attached hydrogen (secondary N) is 1. The number of fused-ring (bicyclic) bond motifs is 1. The number of para-hydroxylation sites is 1. The Morgan fingerprint density at radius 3 is 2.74 bits per heavy atom. The van der Waals surface area contributed by atoms with Gasteiger partial charge in [0, 0.05) is 16.4 Å². The number of hydrogen-bond donors (Lipinski definition) is 1. The highest BCUT2D eigenvalue weighted by molar-refractivity contribution is 7.83. The summed E-state index contributed by atoms with van der Waals surface area (Å²) in [6.07, 6.45) is 1.45. The number of carbonyl (C=O) groups excluding carboxylic acids is 1. The van der Waals surface area contributed by atoms with Crippen LogP contribution in [-0.4, -0.2) is 19.9 Å². The van der Waals surface area contributed by atoms with Crippen molar-refractivity contribution in [2.24, 2.45) is 0 Å². The average molecular weight is 327 g/mol. The van der Waals surface area contributed by atoms with Crippen LogP contribution >= 0.6 is 0 Å². The molecule has 1 amide bonds. The molecule has 0 saturated carbocycles. The molecule has 2 aromatic heterocycles. The zero-order valence-corrected chi connectivity index (χ0v) is 12.9. The van der Waals surface area contributed by atoms with Crippen LogP contribution in [0.2, 0.25) is 0 Å². The van der Waals surface area contributed by atoms with Crippen molar-refractivity contribution in [3.63, 3.8) is 0 Å². The molecule has 23 heavy (non-hydrogen) atoms. The quantitative estimate of drug-likeness (QED) is 0.802. The normalized spacial score (nSPS) is 16.3. The molecule has 0 saturated heterocycles. The second kappa shape index (κ2) is 5.51. The molecule has 0 radical (unpaired) electrons. The number of anilines is 1. The van der Waals surface area contributed by atoms with E-state index in [-0.39, 0.29) is 11.7 Å². The first-order chi connectivity index (χ1) is 11.2. The second-order valence-electron chi connectivity index (χ2n) is 5.18. The average Bonchev–Trinajstić information content (AvgIpc) is 3.26. The van der Waals surface area contributed by atoms with Gasteiger partial charge in [0.15, 0.2) is 5.76 Å². The molecule has 0 bridgehead atoms. The van der Waals surface area contributed by atoms with Crippen molar-refractivity contribution in [2.75, 3.05) is 5.32 Å². The summed E-state index contributed by atoms with van der Waals surface area (Å²) < 4.78 is 18.6. The monoisotopic (exact) mass is 327 g/mol. The maximum Gasteiger partial charge on any atom is 0.292 e. The summed E-state index contributed by atoms with van der Waals surface area (Å²) in [4.78, 5) is 12.3. The molecule has 1 N–H and O–H groups in total. The van der Waals surface area contributed by atoms with Crippen LogP contribution in [-0.2, 0) is 22.3 Å². The van der Waals surface area contributed by atoms with Crippen molar-refractivity contribution in [2.45, 2.75) is 11.5 Å². The first-order valence-electron chi connectivity index (χ1n) is 7.08. The summed E-state index contributed by atoms with van der Waals surface area (Å²) in [6.45, 7) is 0. The highest BCUT2D eigenvalue weighted by atomic mass is 32.2. The third-order valence-electron chi connectivity index (χ3n) is 3.65. The Morgan fingerprint density at radius 1 is 1.17 bits per heavy atom. The summed E-state index contributed by atoms with van der Waals surface area (Å²) in [7, 11) is -0.965. The molecule has 6 nitrogen and oxygen atoms in total. The largest absolute Gasteiger partial charge is 0.459 e. The van der Waals surface area contributed by atoms with Gasteiger partial charge in [0.1, 0.15) is 5.82 Å². The molecule has 0 spiro atoms. The van der Waals surface area contributed by atoms with Crippen LogP contribution in [0.5, 0.6) is 0 Å². The Morgan fingerprint density at radius 2 is 2.00 bits per heavy atom. The molecule has 0 aliphatic carbocycles. The van der Waals surface area contributed by atoms with Crippen LogP contribution < -0.4 is 5.32 Å². The fraction of sp³-hybridized carbons (Fsp3) is 0.125. The third-order valence-corrected chi connectivity index (χ3v) is 4.85. The molecule has 1 aromatic carbocycles. The van der Waals surface area contributed by atoms with E-state index < -0.39 is 10.8 Å². The molecule has 4 rings (SSSR count). The minimum Gasteiger partial charge on any atom is -0.459 e. The van der Waals surface area contributed by atoms with Crippen LogP contribution in [0, 0.1) is 0 Å². The molecular formula is C16H13N3O3S. The van der Waals surface area contributed by atoms with Gasteiger partial charge >= 0.3 is 0 Å². The van der Waals surface area contributed by atoms with Gasteiger partial charge in [-0.1, -0.05) is 18.2 Å². The predicted octanol–water partition coefficient (Wildman–Crippen LogP) is 2.48. The number of furan rings is 1. The van der Waals surface area contributed by atoms with Gasteiger partial charge in [-0.25, -0.2) is 4.68 Å².